The van der Waals surface area contributed by atoms with E-state index in [-0.39, 0.29) is 0 Å². The fraction of sp³-hybridized carbons (Fsp3) is 0.516. The molecule has 0 bridgehead atoms. The summed E-state index contributed by atoms with van der Waals surface area (Å²) in [6, 6.07) is 12.2. The molecule has 0 aliphatic heterocycles. The molecule has 1 N–H and O–H groups in total. The van der Waals surface area contributed by atoms with Crippen molar-refractivity contribution in [2.24, 2.45) is 5.41 Å². The fourth-order valence-electron chi connectivity index (χ4n) is 4.91. The van der Waals surface area contributed by atoms with Crippen molar-refractivity contribution in [1.82, 2.24) is 0 Å². The zero-order chi connectivity index (χ0) is 23.7. The van der Waals surface area contributed by atoms with Gasteiger partial charge in [0, 0.05) is 0 Å². The number of aromatic carboxylic acids is 1. The number of benzene rings is 2. The number of rotatable bonds is 11. The van der Waals surface area contributed by atoms with Crippen molar-refractivity contribution in [3.05, 3.63) is 75.9 Å². The van der Waals surface area contributed by atoms with Crippen LogP contribution < -0.4 is 0 Å². The first-order valence-corrected chi connectivity index (χ1v) is 13.0. The Bertz CT molecular complexity index is 934. The Morgan fingerprint density at radius 3 is 2.15 bits per heavy atom. The summed E-state index contributed by atoms with van der Waals surface area (Å²) in [6.07, 6.45) is 19.4. The zero-order valence-electron chi connectivity index (χ0n) is 21.0. The molecular weight excluding hydrogens is 404 g/mol. The zero-order valence-corrected chi connectivity index (χ0v) is 21.0. The molecule has 2 heteroatoms. The van der Waals surface area contributed by atoms with Crippen LogP contribution in [0.4, 0.5) is 0 Å². The van der Waals surface area contributed by atoms with Crippen molar-refractivity contribution >= 4 is 12.0 Å². The number of hydrogen-bond acceptors (Lipinski definition) is 1. The van der Waals surface area contributed by atoms with E-state index in [2.05, 4.69) is 45.1 Å². The normalized spacial score (nSPS) is 15.4. The largest absolute Gasteiger partial charge is 0.478 e. The first kappa shape index (κ1) is 25.3. The van der Waals surface area contributed by atoms with Crippen molar-refractivity contribution in [2.45, 2.75) is 97.8 Å². The Balaban J connectivity index is 1.72. The van der Waals surface area contributed by atoms with Crippen LogP contribution in [0.3, 0.4) is 0 Å². The third-order valence-electron chi connectivity index (χ3n) is 7.27. The smallest absolute Gasteiger partial charge is 0.335 e. The van der Waals surface area contributed by atoms with Crippen LogP contribution in [-0.4, -0.2) is 11.1 Å². The molecule has 33 heavy (non-hydrogen) atoms. The summed E-state index contributed by atoms with van der Waals surface area (Å²) in [5.74, 6) is -0.877. The summed E-state index contributed by atoms with van der Waals surface area (Å²) in [4.78, 5) is 11.1. The van der Waals surface area contributed by atoms with Crippen LogP contribution in [0, 0.1) is 5.41 Å². The number of fused-ring (bicyclic) bond motifs is 1. The second-order valence-corrected chi connectivity index (χ2v) is 10.6. The molecule has 0 saturated carbocycles. The van der Waals surface area contributed by atoms with E-state index < -0.39 is 5.97 Å². The van der Waals surface area contributed by atoms with E-state index in [1.165, 1.54) is 81.8 Å². The quantitative estimate of drug-likeness (QED) is 0.278. The number of aryl methyl sites for hydroxylation is 3. The highest BCUT2D eigenvalue weighted by atomic mass is 16.4. The highest BCUT2D eigenvalue weighted by molar-refractivity contribution is 5.87. The molecule has 0 radical (unpaired) electrons. The summed E-state index contributed by atoms with van der Waals surface area (Å²) in [5, 5.41) is 9.09. The molecule has 0 aromatic heterocycles. The van der Waals surface area contributed by atoms with Gasteiger partial charge in [0.2, 0.25) is 0 Å². The monoisotopic (exact) mass is 446 g/mol. The van der Waals surface area contributed by atoms with E-state index in [0.29, 0.717) is 11.0 Å². The molecule has 2 aromatic carbocycles. The maximum atomic E-state index is 11.1. The van der Waals surface area contributed by atoms with Gasteiger partial charge in [-0.3, -0.25) is 0 Å². The first-order chi connectivity index (χ1) is 15.9. The lowest BCUT2D eigenvalue weighted by molar-refractivity contribution is 0.0697. The highest BCUT2D eigenvalue weighted by Crippen LogP contribution is 2.35. The van der Waals surface area contributed by atoms with Crippen LogP contribution in [0.5, 0.6) is 0 Å². The molecule has 2 nitrogen and oxygen atoms in total. The van der Waals surface area contributed by atoms with Crippen LogP contribution in [0.1, 0.15) is 110 Å². The Morgan fingerprint density at radius 2 is 1.52 bits per heavy atom. The van der Waals surface area contributed by atoms with Crippen LogP contribution in [-0.2, 0) is 25.7 Å². The number of carboxylic acids is 1. The van der Waals surface area contributed by atoms with Gasteiger partial charge in [-0.05, 0) is 90.3 Å². The van der Waals surface area contributed by atoms with Crippen LogP contribution in [0.25, 0.3) is 6.08 Å². The van der Waals surface area contributed by atoms with E-state index in [0.717, 1.165) is 12.0 Å². The summed E-state index contributed by atoms with van der Waals surface area (Å²) >= 11 is 0. The molecule has 0 fully saturated rings. The van der Waals surface area contributed by atoms with Gasteiger partial charge in [0.05, 0.1) is 5.56 Å². The first-order valence-electron chi connectivity index (χ1n) is 13.0. The van der Waals surface area contributed by atoms with Gasteiger partial charge in [0.15, 0.2) is 0 Å². The molecule has 0 saturated heterocycles. The molecule has 0 unspecified atom stereocenters. The standard InChI is InChI=1S/C31H42O2/c1-4-5-6-7-8-9-12-26-22-28-18-20-31(2,3)21-19-29(28)23-27(26)13-10-11-24-14-16-25(17-15-24)30(32)33/h10-11,14-17,22-23H,4-9,12-13,18-21H2,1-3H3,(H,32,33)/b11-10-. The number of carbonyl (C=O) groups is 1. The minimum absolute atomic E-state index is 0.335. The van der Waals surface area contributed by atoms with E-state index in [1.807, 2.05) is 12.1 Å². The maximum absolute atomic E-state index is 11.1. The van der Waals surface area contributed by atoms with Gasteiger partial charge >= 0.3 is 5.97 Å². The fourth-order valence-corrected chi connectivity index (χ4v) is 4.91. The number of unbranched alkanes of at least 4 members (excludes halogenated alkanes) is 5. The minimum Gasteiger partial charge on any atom is -0.478 e. The van der Waals surface area contributed by atoms with Gasteiger partial charge in [0.1, 0.15) is 0 Å². The van der Waals surface area contributed by atoms with Crippen LogP contribution in [0.15, 0.2) is 42.5 Å². The van der Waals surface area contributed by atoms with Gasteiger partial charge in [-0.15, -0.1) is 0 Å². The van der Waals surface area contributed by atoms with Crippen molar-refractivity contribution in [2.75, 3.05) is 0 Å². The lowest BCUT2D eigenvalue weighted by Crippen LogP contribution is -2.10. The lowest BCUT2D eigenvalue weighted by atomic mass is 9.85. The minimum atomic E-state index is -0.877. The third kappa shape index (κ3) is 7.88. The van der Waals surface area contributed by atoms with Gasteiger partial charge in [-0.2, -0.15) is 0 Å². The molecule has 3 rings (SSSR count). The summed E-state index contributed by atoms with van der Waals surface area (Å²) in [6.45, 7) is 7.10. The van der Waals surface area contributed by atoms with E-state index in [9.17, 15) is 4.79 Å². The van der Waals surface area contributed by atoms with Crippen molar-refractivity contribution < 1.29 is 9.90 Å². The van der Waals surface area contributed by atoms with Crippen LogP contribution in [0.2, 0.25) is 0 Å². The van der Waals surface area contributed by atoms with Gasteiger partial charge in [-0.1, -0.05) is 89.3 Å². The molecule has 1 aliphatic carbocycles. The van der Waals surface area contributed by atoms with Crippen molar-refractivity contribution in [3.63, 3.8) is 0 Å². The number of hydrogen-bond donors (Lipinski definition) is 1. The van der Waals surface area contributed by atoms with E-state index in [4.69, 9.17) is 5.11 Å². The SMILES string of the molecule is CCCCCCCCc1cc2c(cc1C/C=C\c1ccc(C(=O)O)cc1)CCC(C)(C)CC2. The molecule has 0 spiro atoms. The Labute approximate surface area is 201 Å². The Hall–Kier alpha value is -2.35. The number of carboxylic acid groups (broad SMARTS) is 1. The predicted octanol–water partition coefficient (Wildman–Crippen LogP) is 8.45. The second-order valence-electron chi connectivity index (χ2n) is 10.6. The molecule has 0 heterocycles. The number of allylic oxidation sites excluding steroid dienone is 1. The molecule has 1 aliphatic rings. The molecule has 178 valence electrons. The van der Waals surface area contributed by atoms with Crippen LogP contribution >= 0.6 is 0 Å². The Kier molecular flexibility index (Phi) is 9.35. The summed E-state index contributed by atoms with van der Waals surface area (Å²) in [7, 11) is 0. The van der Waals surface area contributed by atoms with Gasteiger partial charge in [-0.25, -0.2) is 4.79 Å². The van der Waals surface area contributed by atoms with Crippen molar-refractivity contribution in [3.8, 4) is 0 Å². The molecule has 0 atom stereocenters. The van der Waals surface area contributed by atoms with Crippen molar-refractivity contribution in [1.29, 1.82) is 0 Å². The van der Waals surface area contributed by atoms with E-state index in [1.54, 1.807) is 23.3 Å². The average Bonchev–Trinajstić information content (AvgIpc) is 2.94. The topological polar surface area (TPSA) is 37.3 Å². The molecular formula is C31H42O2. The molecule has 2 aromatic rings. The summed E-state index contributed by atoms with van der Waals surface area (Å²) in [5.41, 5.74) is 7.96. The maximum Gasteiger partial charge on any atom is 0.335 e. The highest BCUT2D eigenvalue weighted by Gasteiger charge is 2.23. The van der Waals surface area contributed by atoms with Gasteiger partial charge < -0.3 is 5.11 Å². The predicted molar refractivity (Wildman–Crippen MR) is 140 cm³/mol. The molecule has 0 amide bonds. The summed E-state index contributed by atoms with van der Waals surface area (Å²) < 4.78 is 0. The van der Waals surface area contributed by atoms with Gasteiger partial charge in [0.25, 0.3) is 0 Å². The van der Waals surface area contributed by atoms with E-state index >= 15 is 0 Å². The third-order valence-corrected chi connectivity index (χ3v) is 7.27. The lowest BCUT2D eigenvalue weighted by Gasteiger charge is -2.21. The second kappa shape index (κ2) is 12.2. The Morgan fingerprint density at radius 1 is 0.909 bits per heavy atom. The average molecular weight is 447 g/mol.